The number of imide groups is 1. The number of amides is 4. The van der Waals surface area contributed by atoms with E-state index in [2.05, 4.69) is 10.6 Å². The summed E-state index contributed by atoms with van der Waals surface area (Å²) >= 11 is 0. The first kappa shape index (κ1) is 18.7. The molecule has 1 aromatic rings. The molecule has 1 spiro atoms. The maximum absolute atomic E-state index is 12.5. The summed E-state index contributed by atoms with van der Waals surface area (Å²) in [6, 6.07) is 6.12. The Hall–Kier alpha value is -3.10. The predicted molar refractivity (Wildman–Crippen MR) is 94.0 cm³/mol. The van der Waals surface area contributed by atoms with E-state index < -0.39 is 42.5 Å². The lowest BCUT2D eigenvalue weighted by Gasteiger charge is -2.19. The van der Waals surface area contributed by atoms with Crippen LogP contribution in [0, 0.1) is 0 Å². The van der Waals surface area contributed by atoms with Crippen LogP contribution in [0.15, 0.2) is 24.3 Å². The smallest absolute Gasteiger partial charge is 0.326 e. The minimum absolute atomic E-state index is 0.400. The number of carbonyl (C=O) groups is 4. The van der Waals surface area contributed by atoms with Crippen molar-refractivity contribution in [3.63, 3.8) is 0 Å². The van der Waals surface area contributed by atoms with E-state index in [-0.39, 0.29) is 0 Å². The van der Waals surface area contributed by atoms with Gasteiger partial charge in [-0.2, -0.15) is 0 Å². The molecule has 1 saturated carbocycles. The maximum atomic E-state index is 12.5. The van der Waals surface area contributed by atoms with Gasteiger partial charge in [0, 0.05) is 11.8 Å². The van der Waals surface area contributed by atoms with Crippen molar-refractivity contribution in [2.24, 2.45) is 0 Å². The van der Waals surface area contributed by atoms with Crippen LogP contribution in [0.2, 0.25) is 0 Å². The van der Waals surface area contributed by atoms with E-state index in [4.69, 9.17) is 9.47 Å². The number of nitrogens with zero attached hydrogens (tertiary/aromatic N) is 1. The van der Waals surface area contributed by atoms with Gasteiger partial charge in [0.1, 0.15) is 17.8 Å². The van der Waals surface area contributed by atoms with E-state index in [9.17, 15) is 19.2 Å². The fourth-order valence-corrected chi connectivity index (χ4v) is 3.36. The normalized spacial score (nSPS) is 17.7. The molecule has 27 heavy (non-hydrogen) atoms. The Kier molecular flexibility index (Phi) is 5.29. The van der Waals surface area contributed by atoms with Crippen LogP contribution >= 0.6 is 0 Å². The molecule has 1 saturated heterocycles. The van der Waals surface area contributed by atoms with E-state index in [0.29, 0.717) is 24.3 Å². The van der Waals surface area contributed by atoms with Gasteiger partial charge in [-0.15, -0.1) is 0 Å². The summed E-state index contributed by atoms with van der Waals surface area (Å²) < 4.78 is 9.94. The molecule has 4 amide bonds. The van der Waals surface area contributed by atoms with E-state index >= 15 is 0 Å². The highest BCUT2D eigenvalue weighted by Crippen LogP contribution is 2.34. The second-order valence-corrected chi connectivity index (χ2v) is 6.55. The number of hydrogen-bond donors (Lipinski definition) is 2. The number of ether oxygens (including phenoxy) is 2. The van der Waals surface area contributed by atoms with Crippen molar-refractivity contribution in [1.29, 1.82) is 0 Å². The summed E-state index contributed by atoms with van der Waals surface area (Å²) in [4.78, 5) is 49.2. The van der Waals surface area contributed by atoms with Gasteiger partial charge < -0.3 is 20.1 Å². The molecular formula is C18H21N3O6. The topological polar surface area (TPSA) is 114 Å². The number of urea groups is 1. The van der Waals surface area contributed by atoms with Crippen molar-refractivity contribution in [2.45, 2.75) is 31.2 Å². The molecule has 2 N–H and O–H groups in total. The van der Waals surface area contributed by atoms with Gasteiger partial charge in [0.2, 0.25) is 0 Å². The van der Waals surface area contributed by atoms with Crippen molar-refractivity contribution in [2.75, 3.05) is 25.6 Å². The molecule has 144 valence electrons. The van der Waals surface area contributed by atoms with Gasteiger partial charge in [-0.3, -0.25) is 19.3 Å². The fourth-order valence-electron chi connectivity index (χ4n) is 3.36. The third-order valence-electron chi connectivity index (χ3n) is 4.71. The Morgan fingerprint density at radius 1 is 1.26 bits per heavy atom. The van der Waals surface area contributed by atoms with Gasteiger partial charge >= 0.3 is 12.0 Å². The van der Waals surface area contributed by atoms with Crippen molar-refractivity contribution < 1.29 is 28.7 Å². The van der Waals surface area contributed by atoms with Gasteiger partial charge in [-0.25, -0.2) is 4.79 Å². The van der Waals surface area contributed by atoms with Crippen LogP contribution < -0.4 is 15.4 Å². The molecule has 0 bridgehead atoms. The van der Waals surface area contributed by atoms with Crippen LogP contribution in [-0.4, -0.2) is 54.5 Å². The molecule has 0 atom stereocenters. The monoisotopic (exact) mass is 375 g/mol. The molecule has 0 unspecified atom stereocenters. The Morgan fingerprint density at radius 2 is 2.00 bits per heavy atom. The average molecular weight is 375 g/mol. The lowest BCUT2D eigenvalue weighted by molar-refractivity contribution is -0.150. The van der Waals surface area contributed by atoms with E-state index in [1.807, 2.05) is 0 Å². The Balaban J connectivity index is 1.48. The Morgan fingerprint density at radius 3 is 2.70 bits per heavy atom. The van der Waals surface area contributed by atoms with Crippen molar-refractivity contribution >= 4 is 29.5 Å². The number of anilines is 1. The van der Waals surface area contributed by atoms with Crippen LogP contribution in [0.1, 0.15) is 25.7 Å². The molecule has 3 rings (SSSR count). The van der Waals surface area contributed by atoms with Crippen LogP contribution in [-0.2, 0) is 19.1 Å². The number of hydrogen-bond acceptors (Lipinski definition) is 6. The van der Waals surface area contributed by atoms with Gasteiger partial charge in [0.25, 0.3) is 11.8 Å². The highest BCUT2D eigenvalue weighted by atomic mass is 16.5. The zero-order valence-corrected chi connectivity index (χ0v) is 14.9. The number of nitrogens with one attached hydrogen (secondary N) is 2. The molecule has 9 nitrogen and oxygen atoms in total. The van der Waals surface area contributed by atoms with Crippen molar-refractivity contribution in [3.05, 3.63) is 24.3 Å². The first-order valence-corrected chi connectivity index (χ1v) is 8.67. The average Bonchev–Trinajstić information content (AvgIpc) is 3.21. The molecule has 1 aliphatic heterocycles. The number of methoxy groups -OCH3 is 1. The second-order valence-electron chi connectivity index (χ2n) is 6.55. The van der Waals surface area contributed by atoms with Gasteiger partial charge in [0.15, 0.2) is 6.61 Å². The van der Waals surface area contributed by atoms with E-state index in [1.54, 1.807) is 24.3 Å². The standard InChI is InChI=1S/C18H21N3O6/c1-26-13-6-4-5-12(9-13)19-14(22)11-27-15(23)10-21-16(24)18(20-17(21)25)7-2-3-8-18/h4-6,9H,2-3,7-8,10-11H2,1H3,(H,19,22)(H,20,25). The van der Waals surface area contributed by atoms with Crippen LogP contribution in [0.5, 0.6) is 5.75 Å². The van der Waals surface area contributed by atoms with Gasteiger partial charge in [-0.05, 0) is 25.0 Å². The van der Waals surface area contributed by atoms with Gasteiger partial charge in [0.05, 0.1) is 7.11 Å². The molecule has 2 aliphatic rings. The Labute approximate surface area is 156 Å². The zero-order valence-electron chi connectivity index (χ0n) is 14.9. The summed E-state index contributed by atoms with van der Waals surface area (Å²) in [7, 11) is 1.51. The highest BCUT2D eigenvalue weighted by molar-refractivity contribution is 6.09. The largest absolute Gasteiger partial charge is 0.497 e. The molecule has 1 aromatic carbocycles. The molecule has 1 heterocycles. The molecule has 0 aromatic heterocycles. The molecule has 2 fully saturated rings. The molecular weight excluding hydrogens is 354 g/mol. The summed E-state index contributed by atoms with van der Waals surface area (Å²) in [6.07, 6.45) is 2.86. The third kappa shape index (κ3) is 4.02. The fraction of sp³-hybridized carbons (Fsp3) is 0.444. The number of benzene rings is 1. The van der Waals surface area contributed by atoms with Crippen LogP contribution in [0.3, 0.4) is 0 Å². The summed E-state index contributed by atoms with van der Waals surface area (Å²) in [5.41, 5.74) is -0.381. The minimum Gasteiger partial charge on any atom is -0.497 e. The first-order valence-electron chi connectivity index (χ1n) is 8.67. The van der Waals surface area contributed by atoms with E-state index in [1.165, 1.54) is 7.11 Å². The molecule has 1 aliphatic carbocycles. The predicted octanol–water partition coefficient (Wildman–Crippen LogP) is 1.04. The zero-order chi connectivity index (χ0) is 19.4. The molecule has 0 radical (unpaired) electrons. The number of esters is 1. The second kappa shape index (κ2) is 7.65. The number of carbonyl (C=O) groups excluding carboxylic acids is 4. The van der Waals surface area contributed by atoms with Crippen LogP contribution in [0.25, 0.3) is 0 Å². The highest BCUT2D eigenvalue weighted by Gasteiger charge is 2.52. The quantitative estimate of drug-likeness (QED) is 0.567. The summed E-state index contributed by atoms with van der Waals surface area (Å²) in [5.74, 6) is -1.19. The van der Waals surface area contributed by atoms with Crippen LogP contribution in [0.4, 0.5) is 10.5 Å². The molecule has 9 heteroatoms. The van der Waals surface area contributed by atoms with Crippen molar-refractivity contribution in [3.8, 4) is 5.75 Å². The SMILES string of the molecule is COc1cccc(NC(=O)COC(=O)CN2C(=O)NC3(CCCC3)C2=O)c1. The number of rotatable bonds is 6. The Bertz CT molecular complexity index is 772. The minimum atomic E-state index is -0.874. The van der Waals surface area contributed by atoms with Gasteiger partial charge in [-0.1, -0.05) is 18.9 Å². The maximum Gasteiger partial charge on any atom is 0.326 e. The lowest BCUT2D eigenvalue weighted by atomic mass is 9.98. The third-order valence-corrected chi connectivity index (χ3v) is 4.71. The van der Waals surface area contributed by atoms with E-state index in [0.717, 1.165) is 17.7 Å². The summed E-state index contributed by atoms with van der Waals surface area (Å²) in [5, 5.41) is 5.25. The van der Waals surface area contributed by atoms with Crippen molar-refractivity contribution in [1.82, 2.24) is 10.2 Å². The first-order chi connectivity index (χ1) is 12.9. The summed E-state index contributed by atoms with van der Waals surface area (Å²) in [6.45, 7) is -1.04. The lowest BCUT2D eigenvalue weighted by Crippen LogP contribution is -2.44.